The highest BCUT2D eigenvalue weighted by molar-refractivity contribution is 5.98. The van der Waals surface area contributed by atoms with Gasteiger partial charge in [0.25, 0.3) is 5.91 Å². The summed E-state index contributed by atoms with van der Waals surface area (Å²) in [5.41, 5.74) is 2.81. The van der Waals surface area contributed by atoms with Crippen molar-refractivity contribution in [2.75, 3.05) is 13.1 Å². The van der Waals surface area contributed by atoms with E-state index in [1.54, 1.807) is 0 Å². The van der Waals surface area contributed by atoms with Gasteiger partial charge in [0.2, 0.25) is 0 Å². The first-order chi connectivity index (χ1) is 12.1. The largest absolute Gasteiger partial charge is 0.393 e. The van der Waals surface area contributed by atoms with Gasteiger partial charge in [-0.1, -0.05) is 11.6 Å². The van der Waals surface area contributed by atoms with Crippen molar-refractivity contribution in [3.8, 4) is 0 Å². The number of aromatic amines is 1. The molecule has 0 radical (unpaired) electrons. The van der Waals surface area contributed by atoms with Gasteiger partial charge in [-0.3, -0.25) is 4.79 Å². The van der Waals surface area contributed by atoms with Crippen molar-refractivity contribution in [2.24, 2.45) is 11.8 Å². The fourth-order valence-corrected chi connectivity index (χ4v) is 4.35. The molecule has 2 fully saturated rings. The third-order valence-electron chi connectivity index (χ3n) is 5.87. The molecule has 134 valence electrons. The van der Waals surface area contributed by atoms with Gasteiger partial charge in [0, 0.05) is 16.9 Å². The van der Waals surface area contributed by atoms with Crippen LogP contribution in [0.5, 0.6) is 0 Å². The average Bonchev–Trinajstić information content (AvgIpc) is 3.01. The van der Waals surface area contributed by atoms with E-state index in [2.05, 4.69) is 28.6 Å². The topological polar surface area (TPSA) is 77.2 Å². The van der Waals surface area contributed by atoms with Gasteiger partial charge in [-0.05, 0) is 75.7 Å². The molecule has 1 aliphatic heterocycles. The Balaban J connectivity index is 1.52. The summed E-state index contributed by atoms with van der Waals surface area (Å²) in [7, 11) is 0. The number of amides is 1. The smallest absolute Gasteiger partial charge is 0.267 e. The van der Waals surface area contributed by atoms with Gasteiger partial charge in [0.1, 0.15) is 5.69 Å². The molecule has 0 unspecified atom stereocenters. The van der Waals surface area contributed by atoms with Crippen molar-refractivity contribution >= 4 is 16.8 Å². The van der Waals surface area contributed by atoms with Gasteiger partial charge in [0.05, 0.1) is 6.10 Å². The number of aliphatic hydroxyl groups is 1. The van der Waals surface area contributed by atoms with Crippen LogP contribution >= 0.6 is 0 Å². The number of hydrogen-bond acceptors (Lipinski definition) is 3. The number of fused-ring (bicyclic) bond motifs is 1. The van der Waals surface area contributed by atoms with Crippen LogP contribution in [-0.2, 0) is 0 Å². The first-order valence-corrected chi connectivity index (χ1v) is 9.39. The highest BCUT2D eigenvalue weighted by atomic mass is 16.3. The van der Waals surface area contributed by atoms with E-state index in [1.807, 2.05) is 18.2 Å². The Morgan fingerprint density at radius 3 is 2.68 bits per heavy atom. The Morgan fingerprint density at radius 1 is 1.20 bits per heavy atom. The molecule has 2 heterocycles. The second-order valence-corrected chi connectivity index (χ2v) is 7.75. The molecule has 1 saturated heterocycles. The van der Waals surface area contributed by atoms with E-state index >= 15 is 0 Å². The third-order valence-corrected chi connectivity index (χ3v) is 5.87. The molecule has 5 nitrogen and oxygen atoms in total. The highest BCUT2D eigenvalue weighted by Gasteiger charge is 2.39. The second kappa shape index (κ2) is 6.81. The molecule has 2 aromatic rings. The highest BCUT2D eigenvalue weighted by Crippen LogP contribution is 2.36. The molecule has 1 saturated carbocycles. The van der Waals surface area contributed by atoms with Gasteiger partial charge in [-0.25, -0.2) is 0 Å². The Bertz CT molecular complexity index is 757. The Labute approximate surface area is 148 Å². The monoisotopic (exact) mass is 341 g/mol. The summed E-state index contributed by atoms with van der Waals surface area (Å²) in [6, 6.07) is 8.26. The maximum Gasteiger partial charge on any atom is 0.267 e. The van der Waals surface area contributed by atoms with Crippen molar-refractivity contribution in [1.82, 2.24) is 15.6 Å². The van der Waals surface area contributed by atoms with Gasteiger partial charge >= 0.3 is 0 Å². The van der Waals surface area contributed by atoms with Gasteiger partial charge < -0.3 is 20.7 Å². The molecule has 4 rings (SSSR count). The lowest BCUT2D eigenvalue weighted by molar-refractivity contribution is 0.00914. The lowest BCUT2D eigenvalue weighted by Gasteiger charge is -2.43. The van der Waals surface area contributed by atoms with E-state index in [-0.39, 0.29) is 18.1 Å². The molecule has 4 N–H and O–H groups in total. The summed E-state index contributed by atoms with van der Waals surface area (Å²) < 4.78 is 0. The number of carbonyl (C=O) groups is 1. The molecule has 1 aliphatic carbocycles. The lowest BCUT2D eigenvalue weighted by Crippen LogP contribution is -2.52. The van der Waals surface area contributed by atoms with Crippen LogP contribution in [-0.4, -0.2) is 41.2 Å². The Morgan fingerprint density at radius 2 is 1.96 bits per heavy atom. The quantitative estimate of drug-likeness (QED) is 0.689. The predicted molar refractivity (Wildman–Crippen MR) is 98.6 cm³/mol. The van der Waals surface area contributed by atoms with Crippen molar-refractivity contribution < 1.29 is 9.90 Å². The molecule has 2 aliphatic rings. The van der Waals surface area contributed by atoms with Crippen LogP contribution in [0.15, 0.2) is 24.3 Å². The van der Waals surface area contributed by atoms with Crippen LogP contribution in [0.1, 0.15) is 41.7 Å². The van der Waals surface area contributed by atoms with Crippen molar-refractivity contribution in [3.05, 3.63) is 35.5 Å². The predicted octanol–water partition coefficient (Wildman–Crippen LogP) is 2.35. The van der Waals surface area contributed by atoms with E-state index in [1.165, 1.54) is 5.56 Å². The van der Waals surface area contributed by atoms with E-state index in [9.17, 15) is 9.90 Å². The number of aliphatic hydroxyl groups excluding tert-OH is 1. The van der Waals surface area contributed by atoms with Crippen LogP contribution in [0.4, 0.5) is 0 Å². The zero-order valence-electron chi connectivity index (χ0n) is 14.7. The summed E-state index contributed by atoms with van der Waals surface area (Å²) in [6.45, 7) is 4.08. The summed E-state index contributed by atoms with van der Waals surface area (Å²) in [5.74, 6) is 0.863. The molecule has 1 amide bonds. The van der Waals surface area contributed by atoms with Gasteiger partial charge in [0.15, 0.2) is 0 Å². The maximum absolute atomic E-state index is 12.9. The van der Waals surface area contributed by atoms with Crippen molar-refractivity contribution in [2.45, 2.75) is 44.8 Å². The molecule has 1 aromatic carbocycles. The first kappa shape index (κ1) is 16.6. The zero-order chi connectivity index (χ0) is 17.4. The van der Waals surface area contributed by atoms with E-state index < -0.39 is 0 Å². The molecule has 1 aromatic heterocycles. The van der Waals surface area contributed by atoms with Crippen LogP contribution in [0.25, 0.3) is 10.9 Å². The molecular formula is C20H27N3O2. The molecule has 5 heteroatoms. The first-order valence-electron chi connectivity index (χ1n) is 9.39. The number of piperidine rings is 1. The number of hydrogen-bond donors (Lipinski definition) is 4. The van der Waals surface area contributed by atoms with Crippen LogP contribution in [0.3, 0.4) is 0 Å². The summed E-state index contributed by atoms with van der Waals surface area (Å²) >= 11 is 0. The summed E-state index contributed by atoms with van der Waals surface area (Å²) in [4.78, 5) is 16.1. The molecule has 1 atom stereocenters. The number of benzene rings is 1. The lowest BCUT2D eigenvalue weighted by atomic mass is 9.71. The third kappa shape index (κ3) is 3.44. The number of nitrogens with one attached hydrogen (secondary N) is 3. The van der Waals surface area contributed by atoms with Crippen molar-refractivity contribution in [3.63, 3.8) is 0 Å². The maximum atomic E-state index is 12.9. The second-order valence-electron chi connectivity index (χ2n) is 7.75. The van der Waals surface area contributed by atoms with Gasteiger partial charge in [-0.2, -0.15) is 0 Å². The molecular weight excluding hydrogens is 314 g/mol. The zero-order valence-corrected chi connectivity index (χ0v) is 14.7. The Hall–Kier alpha value is -1.85. The number of rotatable bonds is 4. The van der Waals surface area contributed by atoms with Crippen LogP contribution in [0, 0.1) is 18.8 Å². The number of aromatic nitrogens is 1. The normalized spacial score (nSPS) is 25.5. The van der Waals surface area contributed by atoms with Crippen LogP contribution in [0.2, 0.25) is 0 Å². The number of aryl methyl sites for hydroxylation is 1. The number of H-pyrrole nitrogens is 1. The molecule has 0 spiro atoms. The SMILES string of the molecule is Cc1ccc2[nH]c(C(=O)N[C@H](C3CCNCC3)C3CC(O)C3)cc2c1. The average molecular weight is 341 g/mol. The van der Waals surface area contributed by atoms with E-state index in [0.717, 1.165) is 49.7 Å². The Kier molecular flexibility index (Phi) is 4.52. The standard InChI is InChI=1S/C20H27N3O2/c1-12-2-3-17-14(8-12)11-18(22-17)20(25)23-19(15-9-16(24)10-15)13-4-6-21-7-5-13/h2-3,8,11,13,15-16,19,21-22,24H,4-7,9-10H2,1H3,(H,23,25)/t15?,16?,19-/m1/s1. The minimum atomic E-state index is -0.192. The fraction of sp³-hybridized carbons (Fsp3) is 0.550. The molecule has 0 bridgehead atoms. The van der Waals surface area contributed by atoms with Crippen molar-refractivity contribution in [1.29, 1.82) is 0 Å². The fourth-order valence-electron chi connectivity index (χ4n) is 4.35. The van der Waals surface area contributed by atoms with E-state index in [4.69, 9.17) is 0 Å². The van der Waals surface area contributed by atoms with E-state index in [0.29, 0.717) is 17.5 Å². The van der Waals surface area contributed by atoms with Gasteiger partial charge in [-0.15, -0.1) is 0 Å². The van der Waals surface area contributed by atoms with Crippen LogP contribution < -0.4 is 10.6 Å². The minimum absolute atomic E-state index is 0.0289. The molecule has 25 heavy (non-hydrogen) atoms. The number of carbonyl (C=O) groups excluding carboxylic acids is 1. The minimum Gasteiger partial charge on any atom is -0.393 e. The summed E-state index contributed by atoms with van der Waals surface area (Å²) in [5, 5.41) is 17.5. The summed E-state index contributed by atoms with van der Waals surface area (Å²) in [6.07, 6.45) is 3.59.